The minimum Gasteiger partial charge on any atom is -0.342 e. The molecule has 1 amide bonds. The lowest BCUT2D eigenvalue weighted by Crippen LogP contribution is -2.18. The van der Waals surface area contributed by atoms with Gasteiger partial charge in [0, 0.05) is 60.0 Å². The Bertz CT molecular complexity index is 1380. The van der Waals surface area contributed by atoms with Crippen molar-refractivity contribution in [1.29, 1.82) is 0 Å². The van der Waals surface area contributed by atoms with Crippen molar-refractivity contribution in [2.24, 2.45) is 5.16 Å². The molecule has 1 aromatic heterocycles. The number of unbranched alkanes of at least 4 members (excludes halogenated alkanes) is 1. The standard InChI is InChI=1S/C28H31N3O4/c1-5-7-8-24(29-35-18(3)32)27(33)20-10-12-26-23(17-20)22-16-19(9-11-25(22)31(26)6-2)15-21-13-14-30(4)28(21)34/h9-12,15-17H,5-8,13-14H2,1-4H3. The number of hydrogen-bond donors (Lipinski definition) is 0. The maximum atomic E-state index is 13.3. The largest absolute Gasteiger partial charge is 0.342 e. The Morgan fingerprint density at radius 1 is 1.09 bits per heavy atom. The van der Waals surface area contributed by atoms with Crippen LogP contribution >= 0.6 is 0 Å². The van der Waals surface area contributed by atoms with Crippen LogP contribution < -0.4 is 0 Å². The Labute approximate surface area is 205 Å². The summed E-state index contributed by atoms with van der Waals surface area (Å²) in [5, 5.41) is 5.84. The molecule has 0 N–H and O–H groups in total. The summed E-state index contributed by atoms with van der Waals surface area (Å²) in [5.74, 6) is -0.723. The zero-order valence-electron chi connectivity index (χ0n) is 20.8. The zero-order chi connectivity index (χ0) is 25.1. The quantitative estimate of drug-likeness (QED) is 0.145. The number of benzene rings is 2. The van der Waals surface area contributed by atoms with Crippen molar-refractivity contribution in [3.05, 3.63) is 53.1 Å². The summed E-state index contributed by atoms with van der Waals surface area (Å²) >= 11 is 0. The smallest absolute Gasteiger partial charge is 0.331 e. The van der Waals surface area contributed by atoms with Crippen LogP contribution in [0, 0.1) is 0 Å². The second kappa shape index (κ2) is 10.3. The van der Waals surface area contributed by atoms with Crippen molar-refractivity contribution in [3.63, 3.8) is 0 Å². The van der Waals surface area contributed by atoms with E-state index in [4.69, 9.17) is 4.84 Å². The van der Waals surface area contributed by atoms with Gasteiger partial charge in [0.05, 0.1) is 0 Å². The number of amides is 1. The highest BCUT2D eigenvalue weighted by Crippen LogP contribution is 2.32. The normalized spacial score (nSPS) is 15.5. The molecule has 0 bridgehead atoms. The first kappa shape index (κ1) is 24.4. The third kappa shape index (κ3) is 4.90. The van der Waals surface area contributed by atoms with Gasteiger partial charge in [0.2, 0.25) is 11.7 Å². The number of hydrogen-bond acceptors (Lipinski definition) is 5. The van der Waals surface area contributed by atoms with Crippen LogP contribution in [0.3, 0.4) is 0 Å². The summed E-state index contributed by atoms with van der Waals surface area (Å²) in [6.45, 7) is 6.91. The number of aryl methyl sites for hydroxylation is 1. The molecule has 1 saturated heterocycles. The molecule has 0 aliphatic carbocycles. The van der Waals surface area contributed by atoms with Crippen LogP contribution in [0.5, 0.6) is 0 Å². The molecule has 1 aliphatic rings. The Kier molecular flexibility index (Phi) is 7.15. The van der Waals surface area contributed by atoms with Gasteiger partial charge in [-0.25, -0.2) is 4.79 Å². The topological polar surface area (TPSA) is 81.0 Å². The second-order valence-corrected chi connectivity index (χ2v) is 8.95. The average molecular weight is 474 g/mol. The van der Waals surface area contributed by atoms with Crippen molar-refractivity contribution in [2.75, 3.05) is 13.6 Å². The lowest BCUT2D eigenvalue weighted by molar-refractivity contribution is -0.140. The molecular weight excluding hydrogens is 442 g/mol. The van der Waals surface area contributed by atoms with E-state index in [1.165, 1.54) is 6.92 Å². The van der Waals surface area contributed by atoms with E-state index in [2.05, 4.69) is 28.8 Å². The summed E-state index contributed by atoms with van der Waals surface area (Å²) in [6, 6.07) is 11.9. The third-order valence-corrected chi connectivity index (χ3v) is 6.46. The summed E-state index contributed by atoms with van der Waals surface area (Å²) in [6.07, 6.45) is 4.81. The second-order valence-electron chi connectivity index (χ2n) is 8.95. The van der Waals surface area contributed by atoms with Gasteiger partial charge in [-0.05, 0) is 68.2 Å². The predicted molar refractivity (Wildman–Crippen MR) is 138 cm³/mol. The van der Waals surface area contributed by atoms with E-state index in [9.17, 15) is 14.4 Å². The number of carbonyl (C=O) groups excluding carboxylic acids is 3. The first-order valence-corrected chi connectivity index (χ1v) is 12.1. The van der Waals surface area contributed by atoms with Crippen LogP contribution in [0.1, 0.15) is 62.4 Å². The number of oxime groups is 1. The highest BCUT2D eigenvalue weighted by molar-refractivity contribution is 6.46. The summed E-state index contributed by atoms with van der Waals surface area (Å²) in [5.41, 5.74) is 4.63. The Morgan fingerprint density at radius 3 is 2.43 bits per heavy atom. The van der Waals surface area contributed by atoms with Gasteiger partial charge < -0.3 is 14.3 Å². The van der Waals surface area contributed by atoms with E-state index in [1.807, 2.05) is 38.2 Å². The molecule has 0 atom stereocenters. The molecule has 3 aromatic rings. The molecule has 0 radical (unpaired) electrons. The monoisotopic (exact) mass is 473 g/mol. The predicted octanol–water partition coefficient (Wildman–Crippen LogP) is 5.35. The van der Waals surface area contributed by atoms with Crippen LogP contribution in [0.2, 0.25) is 0 Å². The number of aromatic nitrogens is 1. The highest BCUT2D eigenvalue weighted by Gasteiger charge is 2.22. The molecule has 4 rings (SSSR count). The third-order valence-electron chi connectivity index (χ3n) is 6.46. The zero-order valence-corrected chi connectivity index (χ0v) is 20.8. The minimum absolute atomic E-state index is 0.0700. The van der Waals surface area contributed by atoms with Gasteiger partial charge in [-0.3, -0.25) is 9.59 Å². The molecule has 0 saturated carbocycles. The molecule has 2 heterocycles. The van der Waals surface area contributed by atoms with Crippen molar-refractivity contribution in [1.82, 2.24) is 9.47 Å². The molecular formula is C28H31N3O4. The average Bonchev–Trinajstić information content (AvgIpc) is 3.34. The van der Waals surface area contributed by atoms with Gasteiger partial charge in [-0.2, -0.15) is 0 Å². The van der Waals surface area contributed by atoms with Crippen molar-refractivity contribution in [2.45, 2.75) is 53.0 Å². The van der Waals surface area contributed by atoms with E-state index < -0.39 is 5.97 Å². The van der Waals surface area contributed by atoms with E-state index >= 15 is 0 Å². The van der Waals surface area contributed by atoms with E-state index in [-0.39, 0.29) is 17.4 Å². The van der Waals surface area contributed by atoms with E-state index in [1.54, 1.807) is 11.0 Å². The summed E-state index contributed by atoms with van der Waals surface area (Å²) < 4.78 is 2.22. The lowest BCUT2D eigenvalue weighted by atomic mass is 10.00. The van der Waals surface area contributed by atoms with E-state index in [0.717, 1.165) is 65.3 Å². The number of ketones is 1. The number of carbonyl (C=O) groups is 3. The van der Waals surface area contributed by atoms with Crippen molar-refractivity contribution >= 4 is 51.3 Å². The van der Waals surface area contributed by atoms with Crippen molar-refractivity contribution in [3.8, 4) is 0 Å². The molecule has 1 fully saturated rings. The van der Waals surface area contributed by atoms with Crippen molar-refractivity contribution < 1.29 is 19.2 Å². The molecule has 0 spiro atoms. The number of fused-ring (bicyclic) bond motifs is 3. The van der Waals surface area contributed by atoms with Crippen LogP contribution in [-0.2, 0) is 21.0 Å². The molecule has 0 unspecified atom stereocenters. The Balaban J connectivity index is 1.80. The lowest BCUT2D eigenvalue weighted by Gasteiger charge is -2.06. The Morgan fingerprint density at radius 2 is 1.80 bits per heavy atom. The number of nitrogens with zero attached hydrogens (tertiary/aromatic N) is 3. The van der Waals surface area contributed by atoms with Gasteiger partial charge >= 0.3 is 5.97 Å². The maximum Gasteiger partial charge on any atom is 0.331 e. The van der Waals surface area contributed by atoms with Gasteiger partial charge in [0.25, 0.3) is 0 Å². The molecule has 182 valence electrons. The van der Waals surface area contributed by atoms with Crippen LogP contribution in [0.25, 0.3) is 27.9 Å². The van der Waals surface area contributed by atoms with Gasteiger partial charge in [-0.1, -0.05) is 24.6 Å². The fourth-order valence-electron chi connectivity index (χ4n) is 4.60. The Hall–Kier alpha value is -3.74. The summed E-state index contributed by atoms with van der Waals surface area (Å²) in [7, 11) is 1.82. The molecule has 7 nitrogen and oxygen atoms in total. The number of rotatable bonds is 8. The fourth-order valence-corrected chi connectivity index (χ4v) is 4.60. The van der Waals surface area contributed by atoms with Crippen LogP contribution in [0.4, 0.5) is 0 Å². The van der Waals surface area contributed by atoms with Gasteiger partial charge in [0.1, 0.15) is 5.71 Å². The fraction of sp³-hybridized carbons (Fsp3) is 0.357. The molecule has 7 heteroatoms. The number of likely N-dealkylation sites (tertiary alicyclic amines) is 1. The first-order chi connectivity index (χ1) is 16.8. The first-order valence-electron chi connectivity index (χ1n) is 12.1. The molecule has 2 aromatic carbocycles. The summed E-state index contributed by atoms with van der Waals surface area (Å²) in [4.78, 5) is 43.5. The van der Waals surface area contributed by atoms with Crippen LogP contribution in [-0.4, -0.2) is 46.4 Å². The minimum atomic E-state index is -0.554. The molecule has 35 heavy (non-hydrogen) atoms. The van der Waals surface area contributed by atoms with Gasteiger partial charge in [0.15, 0.2) is 0 Å². The van der Waals surface area contributed by atoms with E-state index in [0.29, 0.717) is 12.0 Å². The van der Waals surface area contributed by atoms with Gasteiger partial charge in [-0.15, -0.1) is 0 Å². The maximum absolute atomic E-state index is 13.3. The van der Waals surface area contributed by atoms with Crippen LogP contribution in [0.15, 0.2) is 47.1 Å². The SMILES string of the molecule is CCCCC(=NOC(C)=O)C(=O)c1ccc2c(c1)c1cc(C=C3CCN(C)C3=O)ccc1n2CC. The number of likely N-dealkylation sites (N-methyl/N-ethyl adjacent to an activating group) is 1. The number of Topliss-reactive ketones (excluding diaryl/α,β-unsaturated/α-hetero) is 1. The highest BCUT2D eigenvalue weighted by atomic mass is 16.7. The molecule has 1 aliphatic heterocycles.